The third-order valence-corrected chi connectivity index (χ3v) is 3.50. The molecule has 0 atom stereocenters. The maximum atomic E-state index is 12.4. The Labute approximate surface area is 111 Å². The minimum absolute atomic E-state index is 0.0955. The van der Waals surface area contributed by atoms with Crippen LogP contribution in [-0.2, 0) is 0 Å². The van der Waals surface area contributed by atoms with Crippen LogP contribution in [0.1, 0.15) is 22.5 Å². The molecule has 1 aromatic rings. The van der Waals surface area contributed by atoms with Gasteiger partial charge >= 0.3 is 0 Å². The Kier molecular flexibility index (Phi) is 4.44. The summed E-state index contributed by atoms with van der Waals surface area (Å²) in [4.78, 5) is 14.5. The van der Waals surface area contributed by atoms with Gasteiger partial charge in [-0.3, -0.25) is 9.78 Å². The third-order valence-electron chi connectivity index (χ3n) is 1.40. The van der Waals surface area contributed by atoms with Crippen LogP contribution in [0, 0.1) is 7.14 Å². The van der Waals surface area contributed by atoms with Crippen LogP contribution in [0.15, 0.2) is 6.20 Å². The van der Waals surface area contributed by atoms with Crippen molar-refractivity contribution in [3.8, 4) is 0 Å². The molecule has 1 heterocycles. The summed E-state index contributed by atoms with van der Waals surface area (Å²) in [6, 6.07) is 0. The van der Waals surface area contributed by atoms with Gasteiger partial charge in [-0.1, -0.05) is 0 Å². The lowest BCUT2D eigenvalue weighted by molar-refractivity contribution is 0.107. The van der Waals surface area contributed by atoms with Gasteiger partial charge in [-0.2, -0.15) is 0 Å². The zero-order chi connectivity index (χ0) is 10.9. The van der Waals surface area contributed by atoms with Gasteiger partial charge in [0.1, 0.15) is 5.69 Å². The SMILES string of the molecule is O=C(Cl)c1c(I)cnc(C(F)F)c1I. The summed E-state index contributed by atoms with van der Waals surface area (Å²) in [6.45, 7) is 0. The van der Waals surface area contributed by atoms with E-state index in [0.717, 1.165) is 0 Å². The molecule has 2 nitrogen and oxygen atoms in total. The Morgan fingerprint density at radius 3 is 2.50 bits per heavy atom. The van der Waals surface area contributed by atoms with E-state index in [1.54, 1.807) is 22.6 Å². The molecular weight excluding hydrogens is 441 g/mol. The molecule has 0 N–H and O–H groups in total. The van der Waals surface area contributed by atoms with E-state index >= 15 is 0 Å². The van der Waals surface area contributed by atoms with Crippen LogP contribution in [0.2, 0.25) is 0 Å². The highest BCUT2D eigenvalue weighted by atomic mass is 127. The molecule has 0 aliphatic rings. The highest BCUT2D eigenvalue weighted by Gasteiger charge is 2.21. The number of carbonyl (C=O) groups excluding carboxylic acids is 1. The Hall–Kier alpha value is 0.430. The highest BCUT2D eigenvalue weighted by molar-refractivity contribution is 14.1. The molecule has 0 amide bonds. The molecule has 1 aromatic heterocycles. The average molecular weight is 443 g/mol. The third kappa shape index (κ3) is 2.51. The van der Waals surface area contributed by atoms with Crippen molar-refractivity contribution in [2.24, 2.45) is 0 Å². The lowest BCUT2D eigenvalue weighted by Gasteiger charge is -2.06. The molecule has 0 spiro atoms. The molecule has 0 fully saturated rings. The van der Waals surface area contributed by atoms with E-state index in [9.17, 15) is 13.6 Å². The second-order valence-electron chi connectivity index (χ2n) is 2.25. The normalized spacial score (nSPS) is 10.7. The number of pyridine rings is 1. The Morgan fingerprint density at radius 2 is 2.07 bits per heavy atom. The number of alkyl halides is 2. The van der Waals surface area contributed by atoms with E-state index in [-0.39, 0.29) is 9.13 Å². The molecular formula is C7H2ClF2I2NO. The fourth-order valence-electron chi connectivity index (χ4n) is 0.813. The number of rotatable bonds is 2. The van der Waals surface area contributed by atoms with Gasteiger partial charge in [0.15, 0.2) is 0 Å². The number of carbonyl (C=O) groups is 1. The lowest BCUT2D eigenvalue weighted by atomic mass is 10.2. The van der Waals surface area contributed by atoms with Gasteiger partial charge in [0.2, 0.25) is 0 Å². The van der Waals surface area contributed by atoms with Crippen molar-refractivity contribution >= 4 is 62.0 Å². The Bertz CT molecular complexity index is 386. The zero-order valence-corrected chi connectivity index (χ0v) is 11.5. The molecule has 0 aromatic carbocycles. The number of hydrogen-bond donors (Lipinski definition) is 0. The van der Waals surface area contributed by atoms with Crippen LogP contribution in [0.5, 0.6) is 0 Å². The maximum Gasteiger partial charge on any atom is 0.281 e. The van der Waals surface area contributed by atoms with Gasteiger partial charge in [0.25, 0.3) is 11.7 Å². The first-order valence-electron chi connectivity index (χ1n) is 3.27. The van der Waals surface area contributed by atoms with Crippen LogP contribution in [0.3, 0.4) is 0 Å². The number of nitrogens with zero attached hydrogens (tertiary/aromatic N) is 1. The van der Waals surface area contributed by atoms with Crippen LogP contribution in [0.25, 0.3) is 0 Å². The zero-order valence-electron chi connectivity index (χ0n) is 6.40. The Balaban J connectivity index is 3.41. The predicted octanol–water partition coefficient (Wildman–Crippen LogP) is 3.61. The summed E-state index contributed by atoms with van der Waals surface area (Å²) in [5.74, 6) is 0. The molecule has 0 bridgehead atoms. The van der Waals surface area contributed by atoms with Crippen LogP contribution >= 0.6 is 56.8 Å². The van der Waals surface area contributed by atoms with E-state index in [4.69, 9.17) is 11.6 Å². The highest BCUT2D eigenvalue weighted by Crippen LogP contribution is 2.28. The standard InChI is InChI=1S/C7H2ClF2I2NO/c8-6(14)3-2(11)1-13-5(4(3)12)7(9)10/h1,7H. The fourth-order valence-corrected chi connectivity index (χ4v) is 3.41. The number of aromatic nitrogens is 1. The first kappa shape index (κ1) is 12.5. The van der Waals surface area contributed by atoms with Gasteiger partial charge in [-0.25, -0.2) is 8.78 Å². The van der Waals surface area contributed by atoms with Crippen molar-refractivity contribution < 1.29 is 13.6 Å². The van der Waals surface area contributed by atoms with Crippen molar-refractivity contribution in [2.45, 2.75) is 6.43 Å². The van der Waals surface area contributed by atoms with Crippen LogP contribution < -0.4 is 0 Å². The summed E-state index contributed by atoms with van der Waals surface area (Å²) in [7, 11) is 0. The summed E-state index contributed by atoms with van der Waals surface area (Å²) < 4.78 is 25.3. The van der Waals surface area contributed by atoms with E-state index in [2.05, 4.69) is 4.98 Å². The molecule has 0 unspecified atom stereocenters. The second kappa shape index (κ2) is 4.97. The largest absolute Gasteiger partial charge is 0.281 e. The van der Waals surface area contributed by atoms with Crippen molar-refractivity contribution in [3.63, 3.8) is 0 Å². The van der Waals surface area contributed by atoms with Gasteiger partial charge in [0, 0.05) is 9.77 Å². The molecule has 0 saturated heterocycles. The molecule has 0 saturated carbocycles. The van der Waals surface area contributed by atoms with Crippen LogP contribution in [-0.4, -0.2) is 10.2 Å². The molecule has 76 valence electrons. The van der Waals surface area contributed by atoms with E-state index in [1.165, 1.54) is 6.20 Å². The van der Waals surface area contributed by atoms with Gasteiger partial charge in [-0.05, 0) is 56.8 Å². The maximum absolute atomic E-state index is 12.4. The predicted molar refractivity (Wildman–Crippen MR) is 64.8 cm³/mol. The van der Waals surface area contributed by atoms with Crippen LogP contribution in [0.4, 0.5) is 8.78 Å². The minimum Gasteiger partial charge on any atom is -0.276 e. The summed E-state index contributed by atoms with van der Waals surface area (Å²) in [5, 5.41) is -0.747. The van der Waals surface area contributed by atoms with Gasteiger partial charge < -0.3 is 0 Å². The summed E-state index contributed by atoms with van der Waals surface area (Å²) in [5.41, 5.74) is -0.312. The van der Waals surface area contributed by atoms with Crippen molar-refractivity contribution in [3.05, 3.63) is 24.6 Å². The first-order valence-corrected chi connectivity index (χ1v) is 5.80. The van der Waals surface area contributed by atoms with Crippen molar-refractivity contribution in [1.29, 1.82) is 0 Å². The molecule has 14 heavy (non-hydrogen) atoms. The number of halogens is 5. The van der Waals surface area contributed by atoms with Crippen molar-refractivity contribution in [2.75, 3.05) is 0 Å². The quantitative estimate of drug-likeness (QED) is 0.517. The van der Waals surface area contributed by atoms with E-state index in [0.29, 0.717) is 3.57 Å². The van der Waals surface area contributed by atoms with E-state index < -0.39 is 17.4 Å². The van der Waals surface area contributed by atoms with Gasteiger partial charge in [-0.15, -0.1) is 0 Å². The summed E-state index contributed by atoms with van der Waals surface area (Å²) >= 11 is 8.74. The summed E-state index contributed by atoms with van der Waals surface area (Å²) in [6.07, 6.45) is -1.49. The number of hydrogen-bond acceptors (Lipinski definition) is 2. The first-order chi connectivity index (χ1) is 6.45. The van der Waals surface area contributed by atoms with E-state index in [1.807, 2.05) is 22.6 Å². The monoisotopic (exact) mass is 443 g/mol. The Morgan fingerprint density at radius 1 is 1.50 bits per heavy atom. The second-order valence-corrected chi connectivity index (χ2v) is 4.84. The average Bonchev–Trinajstić information content (AvgIpc) is 2.02. The smallest absolute Gasteiger partial charge is 0.276 e. The minimum atomic E-state index is -2.70. The molecule has 0 radical (unpaired) electrons. The lowest BCUT2D eigenvalue weighted by Crippen LogP contribution is -2.05. The molecule has 7 heteroatoms. The fraction of sp³-hybridized carbons (Fsp3) is 0.143. The van der Waals surface area contributed by atoms with Crippen molar-refractivity contribution in [1.82, 2.24) is 4.98 Å². The molecule has 1 rings (SSSR count). The molecule has 0 aliphatic heterocycles. The molecule has 0 aliphatic carbocycles. The van der Waals surface area contributed by atoms with Gasteiger partial charge in [0.05, 0.1) is 9.13 Å². The topological polar surface area (TPSA) is 30.0 Å².